The van der Waals surface area contributed by atoms with Crippen molar-refractivity contribution in [2.75, 3.05) is 20.8 Å². The summed E-state index contributed by atoms with van der Waals surface area (Å²) in [5.74, 6) is 0.444. The average molecular weight is 559 g/mol. The van der Waals surface area contributed by atoms with Crippen molar-refractivity contribution in [2.24, 2.45) is 4.99 Å². The number of benzene rings is 2. The lowest BCUT2D eigenvalue weighted by Gasteiger charge is -2.24. The Morgan fingerprint density at radius 1 is 1.07 bits per heavy atom. The van der Waals surface area contributed by atoms with Crippen LogP contribution in [0, 0.1) is 0 Å². The van der Waals surface area contributed by atoms with Gasteiger partial charge in [-0.2, -0.15) is 0 Å². The first-order valence-electron chi connectivity index (χ1n) is 12.5. The first-order valence-corrected chi connectivity index (χ1v) is 13.3. The molecule has 0 N–H and O–H groups in total. The number of hydrogen-bond donors (Lipinski definition) is 0. The monoisotopic (exact) mass is 558 g/mol. The molecular formula is C30H26N2O7S. The van der Waals surface area contributed by atoms with Gasteiger partial charge in [-0.1, -0.05) is 41.7 Å². The molecular weight excluding hydrogens is 532 g/mol. The summed E-state index contributed by atoms with van der Waals surface area (Å²) in [7, 11) is 2.87. The third-order valence-corrected chi connectivity index (χ3v) is 7.41. The Morgan fingerprint density at radius 3 is 2.62 bits per heavy atom. The third-order valence-electron chi connectivity index (χ3n) is 6.42. The minimum Gasteiger partial charge on any atom is -0.497 e. The van der Waals surface area contributed by atoms with E-state index in [9.17, 15) is 14.4 Å². The average Bonchev–Trinajstić information content (AvgIpc) is 3.56. The van der Waals surface area contributed by atoms with Gasteiger partial charge in [-0.3, -0.25) is 9.36 Å². The number of fused-ring (bicyclic) bond motifs is 1. The van der Waals surface area contributed by atoms with Gasteiger partial charge in [0.15, 0.2) is 4.80 Å². The highest BCUT2D eigenvalue weighted by atomic mass is 32.1. The largest absolute Gasteiger partial charge is 0.497 e. The van der Waals surface area contributed by atoms with Gasteiger partial charge < -0.3 is 18.6 Å². The maximum absolute atomic E-state index is 13.8. The topological polar surface area (TPSA) is 109 Å². The smallest absolute Gasteiger partial charge is 0.338 e. The van der Waals surface area contributed by atoms with Crippen LogP contribution in [-0.4, -0.2) is 37.3 Å². The molecule has 0 saturated carbocycles. The van der Waals surface area contributed by atoms with Gasteiger partial charge in [0.05, 0.1) is 48.2 Å². The van der Waals surface area contributed by atoms with E-state index in [2.05, 4.69) is 4.99 Å². The standard InChI is InChI=1S/C30H26N2O7S/c1-5-38-29(35)25-17(2)31-30-32(26(25)18-9-8-10-19(15-18)36-3)27(33)24(40-30)16-20-13-14-23(39-20)21-11-6-7-12-22(21)28(34)37-4/h6-16,26H,5H2,1-4H3/t26-/m0/s1. The SMILES string of the molecule is CCOC(=O)C1=C(C)N=c2sc(=Cc3ccc(-c4ccccc4C(=O)OC)o3)c(=O)n2[C@H]1c1cccc(OC)c1. The molecule has 0 spiro atoms. The first kappa shape index (κ1) is 26.9. The van der Waals surface area contributed by atoms with Gasteiger partial charge in [0.1, 0.15) is 17.3 Å². The molecule has 0 aliphatic carbocycles. The van der Waals surface area contributed by atoms with E-state index in [4.69, 9.17) is 18.6 Å². The Hall–Kier alpha value is -4.70. The molecule has 0 bridgehead atoms. The molecule has 3 heterocycles. The number of nitrogens with zero attached hydrogens (tertiary/aromatic N) is 2. The number of thiazole rings is 1. The van der Waals surface area contributed by atoms with Crippen molar-refractivity contribution < 1.29 is 28.2 Å². The number of ether oxygens (including phenoxy) is 3. The van der Waals surface area contributed by atoms with E-state index >= 15 is 0 Å². The fourth-order valence-electron chi connectivity index (χ4n) is 4.61. The zero-order valence-electron chi connectivity index (χ0n) is 22.3. The number of aromatic nitrogens is 1. The van der Waals surface area contributed by atoms with E-state index < -0.39 is 18.0 Å². The number of methoxy groups -OCH3 is 2. The molecule has 4 aromatic rings. The van der Waals surface area contributed by atoms with Gasteiger partial charge in [-0.25, -0.2) is 14.6 Å². The van der Waals surface area contributed by atoms with Gasteiger partial charge in [0.25, 0.3) is 5.56 Å². The molecule has 0 amide bonds. The highest BCUT2D eigenvalue weighted by molar-refractivity contribution is 7.07. The zero-order chi connectivity index (χ0) is 28.4. The summed E-state index contributed by atoms with van der Waals surface area (Å²) >= 11 is 1.19. The van der Waals surface area contributed by atoms with E-state index in [0.29, 0.717) is 49.0 Å². The van der Waals surface area contributed by atoms with Crippen molar-refractivity contribution in [2.45, 2.75) is 19.9 Å². The van der Waals surface area contributed by atoms with Crippen LogP contribution in [0.1, 0.15) is 41.6 Å². The van der Waals surface area contributed by atoms with Crippen molar-refractivity contribution in [3.63, 3.8) is 0 Å². The van der Waals surface area contributed by atoms with Crippen LogP contribution in [0.15, 0.2) is 86.1 Å². The molecule has 1 aliphatic heterocycles. The van der Waals surface area contributed by atoms with Crippen molar-refractivity contribution in [1.82, 2.24) is 4.57 Å². The van der Waals surface area contributed by atoms with Gasteiger partial charge >= 0.3 is 11.9 Å². The number of hydrogen-bond acceptors (Lipinski definition) is 9. The maximum Gasteiger partial charge on any atom is 0.338 e. The van der Waals surface area contributed by atoms with Crippen molar-refractivity contribution in [3.8, 4) is 17.1 Å². The molecule has 5 rings (SSSR count). The summed E-state index contributed by atoms with van der Waals surface area (Å²) < 4.78 is 23.5. The van der Waals surface area contributed by atoms with E-state index in [-0.39, 0.29) is 17.7 Å². The third kappa shape index (κ3) is 4.89. The second kappa shape index (κ2) is 11.2. The predicted molar refractivity (Wildman–Crippen MR) is 149 cm³/mol. The number of esters is 2. The minimum atomic E-state index is -0.758. The normalized spacial score (nSPS) is 14.9. The number of rotatable bonds is 7. The number of carbonyl (C=O) groups excluding carboxylic acids is 2. The van der Waals surface area contributed by atoms with E-state index in [1.807, 2.05) is 6.07 Å². The number of allylic oxidation sites excluding steroid dienone is 1. The van der Waals surface area contributed by atoms with E-state index in [1.165, 1.54) is 23.0 Å². The van der Waals surface area contributed by atoms with Crippen molar-refractivity contribution >= 4 is 29.4 Å². The van der Waals surface area contributed by atoms with Gasteiger partial charge in [-0.05, 0) is 49.7 Å². The van der Waals surface area contributed by atoms with Crippen LogP contribution in [0.3, 0.4) is 0 Å². The molecule has 0 saturated heterocycles. The van der Waals surface area contributed by atoms with Gasteiger partial charge in [0, 0.05) is 11.6 Å². The molecule has 9 nitrogen and oxygen atoms in total. The Labute approximate surface area is 233 Å². The summed E-state index contributed by atoms with van der Waals surface area (Å²) in [6.07, 6.45) is 1.63. The van der Waals surface area contributed by atoms with Crippen molar-refractivity contribution in [1.29, 1.82) is 0 Å². The van der Waals surface area contributed by atoms with Crippen LogP contribution >= 0.6 is 11.3 Å². The Kier molecular flexibility index (Phi) is 7.52. The van der Waals surface area contributed by atoms with Gasteiger partial charge in [0.2, 0.25) is 0 Å². The summed E-state index contributed by atoms with van der Waals surface area (Å²) in [5.41, 5.74) is 2.05. The van der Waals surface area contributed by atoms with E-state index in [0.717, 1.165) is 0 Å². The lowest BCUT2D eigenvalue weighted by molar-refractivity contribution is -0.139. The second-order valence-corrected chi connectivity index (χ2v) is 9.83. The fourth-order valence-corrected chi connectivity index (χ4v) is 5.64. The predicted octanol–water partition coefficient (Wildman–Crippen LogP) is 3.85. The van der Waals surface area contributed by atoms with Crippen molar-refractivity contribution in [3.05, 3.63) is 109 Å². The van der Waals surface area contributed by atoms with Crippen LogP contribution in [0.5, 0.6) is 5.75 Å². The molecule has 204 valence electrons. The number of carbonyl (C=O) groups is 2. The molecule has 0 fully saturated rings. The molecule has 1 aliphatic rings. The summed E-state index contributed by atoms with van der Waals surface area (Å²) in [4.78, 5) is 44.1. The van der Waals surface area contributed by atoms with Crippen LogP contribution in [0.25, 0.3) is 17.4 Å². The van der Waals surface area contributed by atoms with Crippen LogP contribution < -0.4 is 19.6 Å². The lowest BCUT2D eigenvalue weighted by atomic mass is 9.95. The molecule has 40 heavy (non-hydrogen) atoms. The maximum atomic E-state index is 13.8. The zero-order valence-corrected chi connectivity index (χ0v) is 23.1. The Morgan fingerprint density at radius 2 is 1.88 bits per heavy atom. The quantitative estimate of drug-likeness (QED) is 0.317. The molecule has 0 radical (unpaired) electrons. The van der Waals surface area contributed by atoms with Crippen LogP contribution in [0.4, 0.5) is 0 Å². The highest BCUT2D eigenvalue weighted by Crippen LogP contribution is 2.32. The molecule has 10 heteroatoms. The molecule has 0 unspecified atom stereocenters. The lowest BCUT2D eigenvalue weighted by Crippen LogP contribution is -2.39. The molecule has 2 aromatic heterocycles. The summed E-state index contributed by atoms with van der Waals surface area (Å²) in [5, 5.41) is 0. The number of furan rings is 1. The second-order valence-electron chi connectivity index (χ2n) is 8.82. The molecule has 2 aromatic carbocycles. The van der Waals surface area contributed by atoms with Gasteiger partial charge in [-0.15, -0.1) is 0 Å². The fraction of sp³-hybridized carbons (Fsp3) is 0.200. The first-order chi connectivity index (χ1) is 19.4. The summed E-state index contributed by atoms with van der Waals surface area (Å²) in [6, 6.07) is 16.9. The Balaban J connectivity index is 1.63. The Bertz CT molecular complexity index is 1830. The highest BCUT2D eigenvalue weighted by Gasteiger charge is 2.33. The van der Waals surface area contributed by atoms with Crippen LogP contribution in [-0.2, 0) is 14.3 Å². The van der Waals surface area contributed by atoms with E-state index in [1.54, 1.807) is 81.6 Å². The van der Waals surface area contributed by atoms with Crippen LogP contribution in [0.2, 0.25) is 0 Å². The minimum absolute atomic E-state index is 0.185. The summed E-state index contributed by atoms with van der Waals surface area (Å²) in [6.45, 7) is 3.64. The molecule has 1 atom stereocenters.